The number of hydrogen-bond donors (Lipinski definition) is 3. The van der Waals surface area contributed by atoms with Crippen LogP contribution in [0.25, 0.3) is 0 Å². The number of alkyl halides is 1. The quantitative estimate of drug-likeness (QED) is 0.507. The molecule has 1 heterocycles. The monoisotopic (exact) mass is 415 g/mol. The Labute approximate surface area is 160 Å². The molecular weight excluding hydrogens is 394 g/mol. The fourth-order valence-electron chi connectivity index (χ4n) is 2.34. The normalized spacial score (nSPS) is 17.2. The van der Waals surface area contributed by atoms with E-state index >= 15 is 4.39 Å². The molecule has 5 N–H and O–H groups in total. The average Bonchev–Trinajstić information content (AvgIpc) is 2.66. The fraction of sp³-hybridized carbons (Fsp3) is 0.375. The van der Waals surface area contributed by atoms with Crippen molar-refractivity contribution >= 4 is 14.1 Å². The predicted molar refractivity (Wildman–Crippen MR) is 98.2 cm³/mol. The first-order valence-corrected chi connectivity index (χ1v) is 9.09. The SMILES string of the molecule is CO[C@](F)(CO[P+](=O)Oc1ccccc1)[C@@H](O)[C@@](C)(N)n1ccc(N)nc1=O. The van der Waals surface area contributed by atoms with Crippen molar-refractivity contribution < 1.29 is 27.8 Å². The number of rotatable bonds is 9. The van der Waals surface area contributed by atoms with Gasteiger partial charge < -0.3 is 21.3 Å². The van der Waals surface area contributed by atoms with Crippen LogP contribution in [0.3, 0.4) is 0 Å². The number of nitrogen functional groups attached to an aromatic ring is 1. The van der Waals surface area contributed by atoms with Crippen molar-refractivity contribution in [3.05, 3.63) is 53.1 Å². The smallest absolute Gasteiger partial charge is 0.383 e. The van der Waals surface area contributed by atoms with Crippen LogP contribution < -0.4 is 21.7 Å². The molecule has 1 unspecified atom stereocenters. The molecular formula is C16H21FN4O6P+. The highest BCUT2D eigenvalue weighted by Crippen LogP contribution is 2.33. The Hall–Kier alpha value is -2.43. The number of methoxy groups -OCH3 is 1. The van der Waals surface area contributed by atoms with Crippen LogP contribution >= 0.6 is 8.25 Å². The molecule has 0 bridgehead atoms. The van der Waals surface area contributed by atoms with Gasteiger partial charge in [0.25, 0.3) is 5.85 Å². The third kappa shape index (κ3) is 4.89. The van der Waals surface area contributed by atoms with Crippen molar-refractivity contribution in [2.24, 2.45) is 5.73 Å². The van der Waals surface area contributed by atoms with E-state index in [0.29, 0.717) is 0 Å². The second kappa shape index (κ2) is 8.72. The third-order valence-electron chi connectivity index (χ3n) is 3.94. The lowest BCUT2D eigenvalue weighted by Crippen LogP contribution is -2.63. The number of nitrogens with zero attached hydrogens (tertiary/aromatic N) is 2. The molecule has 0 saturated heterocycles. The Morgan fingerprint density at radius 2 is 2.00 bits per heavy atom. The van der Waals surface area contributed by atoms with E-state index in [0.717, 1.165) is 17.9 Å². The first-order valence-electron chi connectivity index (χ1n) is 8.00. The van der Waals surface area contributed by atoms with Crippen molar-refractivity contribution in [2.75, 3.05) is 19.5 Å². The molecule has 1 aromatic carbocycles. The van der Waals surface area contributed by atoms with Gasteiger partial charge in [-0.05, 0) is 25.1 Å². The summed E-state index contributed by atoms with van der Waals surface area (Å²) in [5.41, 5.74) is 8.48. The van der Waals surface area contributed by atoms with Crippen molar-refractivity contribution in [1.82, 2.24) is 9.55 Å². The highest BCUT2D eigenvalue weighted by Gasteiger charge is 2.51. The maximum Gasteiger partial charge on any atom is 0.750 e. The maximum absolute atomic E-state index is 15.2. The number of anilines is 1. The fourth-order valence-corrected chi connectivity index (χ4v) is 2.96. The molecule has 0 aliphatic rings. The molecule has 0 radical (unpaired) electrons. The van der Waals surface area contributed by atoms with Crippen molar-refractivity contribution in [3.8, 4) is 5.75 Å². The molecule has 0 saturated carbocycles. The second-order valence-corrected chi connectivity index (χ2v) is 6.91. The van der Waals surface area contributed by atoms with Crippen LogP contribution in [0.4, 0.5) is 10.2 Å². The van der Waals surface area contributed by atoms with Crippen LogP contribution in [0.2, 0.25) is 0 Å². The number of halogens is 1. The average molecular weight is 415 g/mol. The van der Waals surface area contributed by atoms with E-state index in [1.54, 1.807) is 18.2 Å². The molecule has 0 amide bonds. The van der Waals surface area contributed by atoms with Crippen molar-refractivity contribution in [3.63, 3.8) is 0 Å². The lowest BCUT2D eigenvalue weighted by Gasteiger charge is -2.38. The summed E-state index contributed by atoms with van der Waals surface area (Å²) < 4.78 is 42.4. The minimum absolute atomic E-state index is 0.0665. The number of para-hydroxylation sites is 1. The van der Waals surface area contributed by atoms with Crippen molar-refractivity contribution in [2.45, 2.75) is 24.5 Å². The van der Waals surface area contributed by atoms with E-state index < -0.39 is 38.2 Å². The van der Waals surface area contributed by atoms with Gasteiger partial charge in [0.15, 0.2) is 18.5 Å². The number of hydrogen-bond acceptors (Lipinski definition) is 9. The molecule has 2 rings (SSSR count). The van der Waals surface area contributed by atoms with Crippen LogP contribution in [-0.4, -0.2) is 40.3 Å². The molecule has 28 heavy (non-hydrogen) atoms. The number of aliphatic hydroxyl groups is 1. The van der Waals surface area contributed by atoms with Gasteiger partial charge in [-0.3, -0.25) is 4.57 Å². The molecule has 4 atom stereocenters. The van der Waals surface area contributed by atoms with Gasteiger partial charge in [0.2, 0.25) is 0 Å². The highest BCUT2D eigenvalue weighted by molar-refractivity contribution is 7.33. The molecule has 1 aromatic heterocycles. The predicted octanol–water partition coefficient (Wildman–Crippen LogP) is 0.883. The summed E-state index contributed by atoms with van der Waals surface area (Å²) in [5.74, 6) is -2.74. The topological polar surface area (TPSA) is 152 Å². The minimum Gasteiger partial charge on any atom is -0.383 e. The lowest BCUT2D eigenvalue weighted by atomic mass is 9.98. The Balaban J connectivity index is 2.14. The Morgan fingerprint density at radius 1 is 1.36 bits per heavy atom. The van der Waals surface area contributed by atoms with Gasteiger partial charge in [-0.15, -0.1) is 4.52 Å². The second-order valence-electron chi connectivity index (χ2n) is 6.03. The zero-order valence-electron chi connectivity index (χ0n) is 15.2. The van der Waals surface area contributed by atoms with Gasteiger partial charge in [0, 0.05) is 17.9 Å². The van der Waals surface area contributed by atoms with E-state index in [4.69, 9.17) is 25.3 Å². The maximum atomic E-state index is 15.2. The standard InChI is InChI=1S/C16H20FN4O6P/c1-15(19,21-9-8-12(18)20-14(21)23)13(22)16(17,25-2)10-26-28(24)27-11-6-4-3-5-7-11/h3-9,13,22H,10,19H2,1-2H3,(H-,18,20,23)/p+1/t13-,15-,16+/m0/s1. The van der Waals surface area contributed by atoms with Crippen LogP contribution in [0.5, 0.6) is 5.75 Å². The number of aromatic nitrogens is 2. The first kappa shape index (κ1) is 21.9. The van der Waals surface area contributed by atoms with Crippen LogP contribution in [-0.2, 0) is 19.5 Å². The van der Waals surface area contributed by atoms with Gasteiger partial charge in [-0.1, -0.05) is 18.2 Å². The van der Waals surface area contributed by atoms with E-state index in [9.17, 15) is 14.5 Å². The number of aliphatic hydroxyl groups excluding tert-OH is 1. The summed E-state index contributed by atoms with van der Waals surface area (Å²) in [6.45, 7) is 0.196. The molecule has 2 aromatic rings. The van der Waals surface area contributed by atoms with Gasteiger partial charge >= 0.3 is 13.9 Å². The van der Waals surface area contributed by atoms with Crippen LogP contribution in [0, 0.1) is 0 Å². The molecule has 12 heteroatoms. The summed E-state index contributed by atoms with van der Waals surface area (Å²) in [7, 11) is -1.82. The van der Waals surface area contributed by atoms with Gasteiger partial charge in [0.05, 0.1) is 0 Å². The summed E-state index contributed by atoms with van der Waals surface area (Å²) in [6.07, 6.45) is -0.961. The number of ether oxygens (including phenoxy) is 1. The molecule has 0 aliphatic carbocycles. The van der Waals surface area contributed by atoms with E-state index in [2.05, 4.69) is 4.98 Å². The first-order chi connectivity index (χ1) is 13.1. The molecule has 10 nitrogen and oxygen atoms in total. The lowest BCUT2D eigenvalue weighted by molar-refractivity contribution is -0.232. The van der Waals surface area contributed by atoms with Gasteiger partial charge in [0.1, 0.15) is 11.5 Å². The van der Waals surface area contributed by atoms with Gasteiger partial charge in [-0.2, -0.15) is 4.98 Å². The van der Waals surface area contributed by atoms with E-state index in [-0.39, 0.29) is 11.6 Å². The third-order valence-corrected chi connectivity index (χ3v) is 4.64. The Kier molecular flexibility index (Phi) is 6.81. The number of benzene rings is 1. The summed E-state index contributed by atoms with van der Waals surface area (Å²) in [5, 5.41) is 10.5. The zero-order chi connectivity index (χ0) is 20.9. The Bertz CT molecular complexity index is 881. The van der Waals surface area contributed by atoms with Crippen LogP contribution in [0.15, 0.2) is 47.4 Å². The molecule has 152 valence electrons. The summed E-state index contributed by atoms with van der Waals surface area (Å²) in [4.78, 5) is 15.5. The van der Waals surface area contributed by atoms with E-state index in [1.807, 2.05) is 0 Å². The summed E-state index contributed by atoms with van der Waals surface area (Å²) >= 11 is 0. The Morgan fingerprint density at radius 3 is 2.57 bits per heavy atom. The molecule has 0 spiro atoms. The van der Waals surface area contributed by atoms with Crippen LogP contribution in [0.1, 0.15) is 6.92 Å². The number of nitrogens with two attached hydrogens (primary N) is 2. The van der Waals surface area contributed by atoms with Gasteiger partial charge in [-0.25, -0.2) is 13.7 Å². The minimum atomic E-state index is -2.92. The largest absolute Gasteiger partial charge is 0.750 e. The summed E-state index contributed by atoms with van der Waals surface area (Å²) in [6, 6.07) is 9.34. The molecule has 0 fully saturated rings. The van der Waals surface area contributed by atoms with Crippen molar-refractivity contribution in [1.29, 1.82) is 0 Å². The highest BCUT2D eigenvalue weighted by atomic mass is 31.1. The molecule has 0 aliphatic heterocycles. The zero-order valence-corrected chi connectivity index (χ0v) is 16.1. The van der Waals surface area contributed by atoms with E-state index in [1.165, 1.54) is 25.1 Å².